The Kier molecular flexibility index (Phi) is 11.9. The molecular formula is C26H38N2O4S. The molecule has 1 heterocycles. The summed E-state index contributed by atoms with van der Waals surface area (Å²) >= 11 is 1.53. The molecule has 0 spiro atoms. The highest BCUT2D eigenvalue weighted by Gasteiger charge is 2.15. The van der Waals surface area contributed by atoms with E-state index in [-0.39, 0.29) is 12.3 Å². The molecule has 0 bridgehead atoms. The van der Waals surface area contributed by atoms with Crippen molar-refractivity contribution >= 4 is 23.2 Å². The first-order valence-electron chi connectivity index (χ1n) is 12.1. The van der Waals surface area contributed by atoms with Crippen molar-refractivity contribution in [3.63, 3.8) is 0 Å². The first-order chi connectivity index (χ1) is 15.9. The number of hydrogen-bond acceptors (Lipinski definition) is 5. The maximum Gasteiger partial charge on any atom is 0.303 e. The van der Waals surface area contributed by atoms with Gasteiger partial charge in [0, 0.05) is 25.3 Å². The van der Waals surface area contributed by atoms with Crippen molar-refractivity contribution in [2.24, 2.45) is 0 Å². The van der Waals surface area contributed by atoms with Gasteiger partial charge in [0.1, 0.15) is 10.8 Å². The number of carbonyl (C=O) groups is 2. The van der Waals surface area contributed by atoms with Crippen molar-refractivity contribution in [2.75, 3.05) is 13.7 Å². The minimum atomic E-state index is -0.810. The van der Waals surface area contributed by atoms with Gasteiger partial charge in [0.2, 0.25) is 5.91 Å². The lowest BCUT2D eigenvalue weighted by Gasteiger charge is -2.16. The summed E-state index contributed by atoms with van der Waals surface area (Å²) in [7, 11) is 1.84. The molecule has 1 aromatic carbocycles. The van der Waals surface area contributed by atoms with Crippen molar-refractivity contribution in [3.05, 3.63) is 34.8 Å². The highest BCUT2D eigenvalue weighted by Crippen LogP contribution is 2.34. The minimum absolute atomic E-state index is 0.0903. The SMILES string of the molecule is CCCCCCCCC(=O)N(C)Cc1csc(-c2ccc(CCC(=O)O)cc2OCCC)n1. The number of rotatable bonds is 16. The molecule has 0 saturated carbocycles. The van der Waals surface area contributed by atoms with Crippen LogP contribution in [0.2, 0.25) is 0 Å². The van der Waals surface area contributed by atoms with Crippen molar-refractivity contribution in [1.82, 2.24) is 9.88 Å². The standard InChI is InChI=1S/C26H38N2O4S/c1-4-6-7-8-9-10-11-24(29)28(3)18-21-19-33-26(27-21)22-14-12-20(13-15-25(30)31)17-23(22)32-16-5-2/h12,14,17,19H,4-11,13,15-16,18H2,1-3H3,(H,30,31). The van der Waals surface area contributed by atoms with Gasteiger partial charge in [0.15, 0.2) is 0 Å². The maximum atomic E-state index is 12.5. The largest absolute Gasteiger partial charge is 0.493 e. The molecular weight excluding hydrogens is 436 g/mol. The number of carbonyl (C=O) groups excluding carboxylic acids is 1. The molecule has 33 heavy (non-hydrogen) atoms. The molecule has 0 aliphatic heterocycles. The Morgan fingerprint density at radius 2 is 1.82 bits per heavy atom. The number of aromatic nitrogens is 1. The fraction of sp³-hybridized carbons (Fsp3) is 0.577. The zero-order valence-corrected chi connectivity index (χ0v) is 21.1. The second-order valence-corrected chi connectivity index (χ2v) is 9.34. The molecule has 0 saturated heterocycles. The van der Waals surface area contributed by atoms with E-state index in [0.717, 1.165) is 46.8 Å². The lowest BCUT2D eigenvalue weighted by Crippen LogP contribution is -2.26. The van der Waals surface area contributed by atoms with Crippen LogP contribution < -0.4 is 4.74 Å². The van der Waals surface area contributed by atoms with E-state index in [1.165, 1.54) is 37.0 Å². The first kappa shape index (κ1) is 26.8. The lowest BCUT2D eigenvalue weighted by molar-refractivity contribution is -0.137. The van der Waals surface area contributed by atoms with Crippen LogP contribution in [0.4, 0.5) is 0 Å². The average Bonchev–Trinajstić information content (AvgIpc) is 3.26. The molecule has 2 rings (SSSR count). The molecule has 1 amide bonds. The van der Waals surface area contributed by atoms with Crippen molar-refractivity contribution in [2.45, 2.75) is 84.6 Å². The van der Waals surface area contributed by atoms with Gasteiger partial charge in [-0.1, -0.05) is 52.0 Å². The Morgan fingerprint density at radius 1 is 1.06 bits per heavy atom. The number of benzene rings is 1. The summed E-state index contributed by atoms with van der Waals surface area (Å²) < 4.78 is 5.95. The Bertz CT molecular complexity index is 881. The van der Waals surface area contributed by atoms with Gasteiger partial charge in [0.25, 0.3) is 0 Å². The van der Waals surface area contributed by atoms with Gasteiger partial charge in [-0.3, -0.25) is 9.59 Å². The summed E-state index contributed by atoms with van der Waals surface area (Å²) in [6.45, 7) is 5.34. The Balaban J connectivity index is 1.98. The summed E-state index contributed by atoms with van der Waals surface area (Å²) in [5.41, 5.74) is 2.70. The molecule has 1 N–H and O–H groups in total. The van der Waals surface area contributed by atoms with Crippen LogP contribution in [0.1, 0.15) is 82.9 Å². The monoisotopic (exact) mass is 474 g/mol. The van der Waals surface area contributed by atoms with Gasteiger partial charge < -0.3 is 14.7 Å². The third-order valence-corrected chi connectivity index (χ3v) is 6.41. The van der Waals surface area contributed by atoms with Gasteiger partial charge in [-0.05, 0) is 37.0 Å². The lowest BCUT2D eigenvalue weighted by atomic mass is 10.1. The van der Waals surface area contributed by atoms with E-state index in [9.17, 15) is 9.59 Å². The van der Waals surface area contributed by atoms with Gasteiger partial charge in [-0.25, -0.2) is 4.98 Å². The molecule has 0 fully saturated rings. The van der Waals surface area contributed by atoms with Crippen LogP contribution in [-0.4, -0.2) is 40.5 Å². The first-order valence-corrected chi connectivity index (χ1v) is 13.0. The third kappa shape index (κ3) is 9.54. The third-order valence-electron chi connectivity index (χ3n) is 5.49. The number of hydrogen-bond donors (Lipinski definition) is 1. The molecule has 0 aliphatic carbocycles. The number of unbranched alkanes of at least 4 members (excludes halogenated alkanes) is 5. The van der Waals surface area contributed by atoms with Crippen LogP contribution in [-0.2, 0) is 22.6 Å². The van der Waals surface area contributed by atoms with E-state index in [4.69, 9.17) is 14.8 Å². The predicted molar refractivity (Wildman–Crippen MR) is 134 cm³/mol. The molecule has 182 valence electrons. The van der Waals surface area contributed by atoms with Gasteiger partial charge in [0.05, 0.1) is 24.4 Å². The highest BCUT2D eigenvalue weighted by molar-refractivity contribution is 7.13. The van der Waals surface area contributed by atoms with E-state index >= 15 is 0 Å². The fourth-order valence-corrected chi connectivity index (χ4v) is 4.40. The summed E-state index contributed by atoms with van der Waals surface area (Å²) in [6, 6.07) is 5.82. The Morgan fingerprint density at radius 3 is 2.55 bits per heavy atom. The summed E-state index contributed by atoms with van der Waals surface area (Å²) in [5.74, 6) is 0.0813. The molecule has 2 aromatic rings. The minimum Gasteiger partial charge on any atom is -0.493 e. The normalized spacial score (nSPS) is 10.9. The number of aliphatic carboxylic acids is 1. The van der Waals surface area contributed by atoms with E-state index in [1.807, 2.05) is 37.6 Å². The smallest absolute Gasteiger partial charge is 0.303 e. The van der Waals surface area contributed by atoms with Crippen LogP contribution in [0, 0.1) is 0 Å². The van der Waals surface area contributed by atoms with Crippen molar-refractivity contribution in [3.8, 4) is 16.3 Å². The van der Waals surface area contributed by atoms with Gasteiger partial charge in [-0.15, -0.1) is 11.3 Å². The van der Waals surface area contributed by atoms with Gasteiger partial charge >= 0.3 is 5.97 Å². The molecule has 0 aliphatic rings. The van der Waals surface area contributed by atoms with E-state index in [1.54, 1.807) is 4.90 Å². The number of carboxylic acid groups (broad SMARTS) is 1. The van der Waals surface area contributed by atoms with Crippen LogP contribution in [0.25, 0.3) is 10.6 Å². The fourth-order valence-electron chi connectivity index (χ4n) is 3.56. The van der Waals surface area contributed by atoms with Crippen LogP contribution in [0.3, 0.4) is 0 Å². The summed E-state index contributed by atoms with van der Waals surface area (Å²) in [4.78, 5) is 29.9. The van der Waals surface area contributed by atoms with Crippen molar-refractivity contribution < 1.29 is 19.4 Å². The topological polar surface area (TPSA) is 79.7 Å². The number of aryl methyl sites for hydroxylation is 1. The number of ether oxygens (including phenoxy) is 1. The second kappa shape index (κ2) is 14.7. The van der Waals surface area contributed by atoms with E-state index in [2.05, 4.69) is 6.92 Å². The number of nitrogens with zero attached hydrogens (tertiary/aromatic N) is 2. The van der Waals surface area contributed by atoms with Crippen molar-refractivity contribution in [1.29, 1.82) is 0 Å². The number of amides is 1. The molecule has 0 unspecified atom stereocenters. The van der Waals surface area contributed by atoms with Crippen LogP contribution >= 0.6 is 11.3 Å². The number of thiazole rings is 1. The van der Waals surface area contributed by atoms with E-state index < -0.39 is 5.97 Å². The Labute approximate surface area is 202 Å². The average molecular weight is 475 g/mol. The molecule has 0 atom stereocenters. The zero-order valence-electron chi connectivity index (χ0n) is 20.3. The summed E-state index contributed by atoms with van der Waals surface area (Å²) in [5, 5.41) is 11.8. The maximum absolute atomic E-state index is 12.5. The Hall–Kier alpha value is -2.41. The zero-order chi connectivity index (χ0) is 24.1. The second-order valence-electron chi connectivity index (χ2n) is 8.48. The van der Waals surface area contributed by atoms with Crippen LogP contribution in [0.15, 0.2) is 23.6 Å². The quantitative estimate of drug-likeness (QED) is 0.288. The van der Waals surface area contributed by atoms with Crippen LogP contribution in [0.5, 0.6) is 5.75 Å². The molecule has 1 aromatic heterocycles. The predicted octanol–water partition coefficient (Wildman–Crippen LogP) is 6.33. The van der Waals surface area contributed by atoms with Gasteiger partial charge in [-0.2, -0.15) is 0 Å². The molecule has 6 nitrogen and oxygen atoms in total. The number of carboxylic acids is 1. The van der Waals surface area contributed by atoms with E-state index in [0.29, 0.717) is 26.0 Å². The summed E-state index contributed by atoms with van der Waals surface area (Å²) in [6.07, 6.45) is 9.06. The highest BCUT2D eigenvalue weighted by atomic mass is 32.1. The molecule has 7 heteroatoms. The molecule has 0 radical (unpaired) electrons.